The Kier molecular flexibility index (Phi) is 4.19. The molecule has 0 aliphatic heterocycles. The average Bonchev–Trinajstić information content (AvgIpc) is 2.68. The lowest BCUT2D eigenvalue weighted by atomic mass is 10.2. The van der Waals surface area contributed by atoms with Crippen molar-refractivity contribution in [2.45, 2.75) is 26.3 Å². The minimum Gasteiger partial charge on any atom is -0.476 e. The van der Waals surface area contributed by atoms with Crippen LogP contribution in [0.4, 0.5) is 0 Å². The van der Waals surface area contributed by atoms with E-state index in [-0.39, 0.29) is 18.0 Å². The highest BCUT2D eigenvalue weighted by Gasteiger charge is 2.17. The van der Waals surface area contributed by atoms with Gasteiger partial charge in [0.15, 0.2) is 5.69 Å². The van der Waals surface area contributed by atoms with Crippen LogP contribution in [-0.4, -0.2) is 51.0 Å². The highest BCUT2D eigenvalue weighted by atomic mass is 16.4. The smallest absolute Gasteiger partial charge is 0.358 e. The number of hydrogen-bond acceptors (Lipinski definition) is 4. The summed E-state index contributed by atoms with van der Waals surface area (Å²) < 4.78 is 1.48. The molecule has 7 heteroatoms. The van der Waals surface area contributed by atoms with Crippen LogP contribution in [0.25, 0.3) is 0 Å². The van der Waals surface area contributed by atoms with Gasteiger partial charge in [0.2, 0.25) is 5.91 Å². The third-order valence-electron chi connectivity index (χ3n) is 2.41. The maximum Gasteiger partial charge on any atom is 0.358 e. The third kappa shape index (κ3) is 3.02. The van der Waals surface area contributed by atoms with Gasteiger partial charge in [0.05, 0.1) is 12.2 Å². The van der Waals surface area contributed by atoms with Gasteiger partial charge in [-0.15, -0.1) is 5.10 Å². The molecule has 1 aromatic rings. The van der Waals surface area contributed by atoms with E-state index >= 15 is 0 Å². The summed E-state index contributed by atoms with van der Waals surface area (Å²) in [7, 11) is 3.35. The molecule has 1 aromatic heterocycles. The van der Waals surface area contributed by atoms with Gasteiger partial charge in [0.1, 0.15) is 0 Å². The van der Waals surface area contributed by atoms with Crippen LogP contribution in [0.15, 0.2) is 0 Å². The summed E-state index contributed by atoms with van der Waals surface area (Å²) in [6.07, 6.45) is 0.799. The number of aryl methyl sites for hydroxylation is 1. The Balaban J connectivity index is 2.78. The van der Waals surface area contributed by atoms with Gasteiger partial charge in [-0.2, -0.15) is 0 Å². The number of hydrogen-bond donors (Lipinski definition) is 1. The number of carboxylic acid groups (broad SMARTS) is 1. The molecule has 1 N–H and O–H groups in total. The summed E-state index contributed by atoms with van der Waals surface area (Å²) in [5, 5.41) is 16.2. The second-order valence-corrected chi connectivity index (χ2v) is 3.80. The first-order valence-corrected chi connectivity index (χ1v) is 5.33. The zero-order valence-electron chi connectivity index (χ0n) is 10.2. The summed E-state index contributed by atoms with van der Waals surface area (Å²) in [5.41, 5.74) is 0.508. The van der Waals surface area contributed by atoms with Crippen molar-refractivity contribution >= 4 is 11.9 Å². The first-order valence-electron chi connectivity index (χ1n) is 5.33. The fourth-order valence-electron chi connectivity index (χ4n) is 1.45. The Bertz CT molecular complexity index is 425. The summed E-state index contributed by atoms with van der Waals surface area (Å²) in [6.45, 7) is 2.18. The van der Waals surface area contributed by atoms with Crippen molar-refractivity contribution in [3.63, 3.8) is 0 Å². The Hall–Kier alpha value is -1.92. The minimum absolute atomic E-state index is 0.0283. The molecular weight excluding hydrogens is 224 g/mol. The van der Waals surface area contributed by atoms with E-state index < -0.39 is 5.97 Å². The quantitative estimate of drug-likeness (QED) is 0.783. The molecule has 1 amide bonds. The predicted octanol–water partition coefficient (Wildman–Crippen LogP) is 0.0170. The van der Waals surface area contributed by atoms with E-state index in [9.17, 15) is 9.59 Å². The maximum atomic E-state index is 11.4. The van der Waals surface area contributed by atoms with E-state index in [1.807, 2.05) is 6.92 Å². The molecule has 0 saturated heterocycles. The first-order chi connectivity index (χ1) is 7.97. The monoisotopic (exact) mass is 240 g/mol. The van der Waals surface area contributed by atoms with Gasteiger partial charge < -0.3 is 10.0 Å². The summed E-state index contributed by atoms with van der Waals surface area (Å²) in [5.74, 6) is -1.12. The number of carbonyl (C=O) groups is 2. The standard InChI is InChI=1S/C10H16N4O3/c1-4-7-9(10(16)17)11-12-14(7)6-5-8(15)13(2)3/h4-6H2,1-3H3,(H,16,17). The molecule has 0 bridgehead atoms. The molecule has 0 atom stereocenters. The first kappa shape index (κ1) is 13.1. The lowest BCUT2D eigenvalue weighted by Crippen LogP contribution is -2.23. The van der Waals surface area contributed by atoms with Crippen molar-refractivity contribution < 1.29 is 14.7 Å². The molecular formula is C10H16N4O3. The van der Waals surface area contributed by atoms with Crippen molar-refractivity contribution in [3.8, 4) is 0 Å². The molecule has 7 nitrogen and oxygen atoms in total. The summed E-state index contributed by atoms with van der Waals surface area (Å²) in [6, 6.07) is 0. The van der Waals surface area contributed by atoms with Crippen LogP contribution in [0.5, 0.6) is 0 Å². The van der Waals surface area contributed by atoms with Crippen LogP contribution in [0.2, 0.25) is 0 Å². The zero-order valence-corrected chi connectivity index (χ0v) is 10.2. The lowest BCUT2D eigenvalue weighted by molar-refractivity contribution is -0.128. The second-order valence-electron chi connectivity index (χ2n) is 3.80. The largest absolute Gasteiger partial charge is 0.476 e. The molecule has 0 spiro atoms. The van der Waals surface area contributed by atoms with E-state index in [4.69, 9.17) is 5.11 Å². The maximum absolute atomic E-state index is 11.4. The number of aromatic carboxylic acids is 1. The summed E-state index contributed by atoms with van der Waals surface area (Å²) >= 11 is 0. The molecule has 0 unspecified atom stereocenters. The Morgan fingerprint density at radius 3 is 2.53 bits per heavy atom. The Labute approximate surface area is 99.0 Å². The van der Waals surface area contributed by atoms with Crippen LogP contribution in [0.1, 0.15) is 29.5 Å². The van der Waals surface area contributed by atoms with E-state index in [0.29, 0.717) is 18.7 Å². The van der Waals surface area contributed by atoms with Crippen LogP contribution in [0, 0.1) is 0 Å². The van der Waals surface area contributed by atoms with Crippen molar-refractivity contribution in [2.75, 3.05) is 14.1 Å². The van der Waals surface area contributed by atoms with Gasteiger partial charge >= 0.3 is 5.97 Å². The molecule has 17 heavy (non-hydrogen) atoms. The van der Waals surface area contributed by atoms with E-state index in [1.54, 1.807) is 14.1 Å². The van der Waals surface area contributed by atoms with E-state index in [2.05, 4.69) is 10.3 Å². The second kappa shape index (κ2) is 5.42. The molecule has 0 saturated carbocycles. The predicted molar refractivity (Wildman–Crippen MR) is 59.7 cm³/mol. The topological polar surface area (TPSA) is 88.3 Å². The fraction of sp³-hybridized carbons (Fsp3) is 0.600. The van der Waals surface area contributed by atoms with Crippen LogP contribution >= 0.6 is 0 Å². The van der Waals surface area contributed by atoms with E-state index in [1.165, 1.54) is 9.58 Å². The highest BCUT2D eigenvalue weighted by molar-refractivity contribution is 5.86. The van der Waals surface area contributed by atoms with Gasteiger partial charge in [-0.05, 0) is 6.42 Å². The van der Waals surface area contributed by atoms with Crippen molar-refractivity contribution in [3.05, 3.63) is 11.4 Å². The van der Waals surface area contributed by atoms with E-state index in [0.717, 1.165) is 0 Å². The van der Waals surface area contributed by atoms with Crippen molar-refractivity contribution in [1.82, 2.24) is 19.9 Å². The van der Waals surface area contributed by atoms with Gasteiger partial charge in [-0.1, -0.05) is 12.1 Å². The van der Waals surface area contributed by atoms with Crippen molar-refractivity contribution in [2.24, 2.45) is 0 Å². The molecule has 0 aliphatic rings. The minimum atomic E-state index is -1.09. The normalized spacial score (nSPS) is 10.3. The number of amides is 1. The third-order valence-corrected chi connectivity index (χ3v) is 2.41. The average molecular weight is 240 g/mol. The van der Waals surface area contributed by atoms with Gasteiger partial charge in [-0.25, -0.2) is 9.48 Å². The van der Waals surface area contributed by atoms with Crippen LogP contribution in [0.3, 0.4) is 0 Å². The highest BCUT2D eigenvalue weighted by Crippen LogP contribution is 2.07. The number of carbonyl (C=O) groups excluding carboxylic acids is 1. The lowest BCUT2D eigenvalue weighted by Gasteiger charge is -2.10. The van der Waals surface area contributed by atoms with Gasteiger partial charge in [0.25, 0.3) is 0 Å². The van der Waals surface area contributed by atoms with Crippen LogP contribution < -0.4 is 0 Å². The van der Waals surface area contributed by atoms with Crippen LogP contribution in [-0.2, 0) is 17.8 Å². The Morgan fingerprint density at radius 2 is 2.06 bits per heavy atom. The zero-order chi connectivity index (χ0) is 13.0. The molecule has 0 radical (unpaired) electrons. The molecule has 0 fully saturated rings. The van der Waals surface area contributed by atoms with Gasteiger partial charge in [0, 0.05) is 20.5 Å². The molecule has 1 rings (SSSR count). The fourth-order valence-corrected chi connectivity index (χ4v) is 1.45. The molecule has 1 heterocycles. The Morgan fingerprint density at radius 1 is 1.41 bits per heavy atom. The molecule has 0 aliphatic carbocycles. The SMILES string of the molecule is CCc1c(C(=O)O)nnn1CCC(=O)N(C)C. The summed E-state index contributed by atoms with van der Waals surface area (Å²) in [4.78, 5) is 23.7. The van der Waals surface area contributed by atoms with Crippen molar-refractivity contribution in [1.29, 1.82) is 0 Å². The number of rotatable bonds is 5. The number of carboxylic acids is 1. The van der Waals surface area contributed by atoms with Gasteiger partial charge in [-0.3, -0.25) is 4.79 Å². The molecule has 0 aromatic carbocycles. The number of nitrogens with zero attached hydrogens (tertiary/aromatic N) is 4. The number of aromatic nitrogens is 3. The molecule has 94 valence electrons.